The number of hydrogen-bond donors (Lipinski definition) is 2. The molecule has 1 aliphatic rings. The van der Waals surface area contributed by atoms with Gasteiger partial charge in [0.2, 0.25) is 0 Å². The van der Waals surface area contributed by atoms with E-state index in [4.69, 9.17) is 20.8 Å². The van der Waals surface area contributed by atoms with Crippen LogP contribution in [0.15, 0.2) is 36.4 Å². The molecular formula is C30H40ClFO5Si. The third-order valence-corrected chi connectivity index (χ3v) is 12.9. The van der Waals surface area contributed by atoms with Crippen molar-refractivity contribution in [3.05, 3.63) is 69.5 Å². The summed E-state index contributed by atoms with van der Waals surface area (Å²) in [6.07, 6.45) is 3.80. The van der Waals surface area contributed by atoms with Crippen LogP contribution < -0.4 is 0 Å². The van der Waals surface area contributed by atoms with E-state index < -0.39 is 20.2 Å². The van der Waals surface area contributed by atoms with E-state index in [1.54, 1.807) is 24.3 Å². The van der Waals surface area contributed by atoms with Gasteiger partial charge in [0, 0.05) is 21.7 Å². The second-order valence-corrected chi connectivity index (χ2v) is 17.0. The summed E-state index contributed by atoms with van der Waals surface area (Å²) in [7, 11) is -0.749. The minimum atomic E-state index is -2.13. The molecule has 0 spiro atoms. The molecule has 0 aliphatic heterocycles. The van der Waals surface area contributed by atoms with Gasteiger partial charge in [-0.25, -0.2) is 4.39 Å². The summed E-state index contributed by atoms with van der Waals surface area (Å²) < 4.78 is 26.5. The van der Waals surface area contributed by atoms with Crippen LogP contribution in [0.4, 0.5) is 4.39 Å². The fraction of sp³-hybridized carbons (Fsp3) is 0.500. The fourth-order valence-electron chi connectivity index (χ4n) is 4.41. The second kappa shape index (κ2) is 11.9. The number of aliphatic hydroxyl groups excluding tert-OH is 1. The van der Waals surface area contributed by atoms with Crippen LogP contribution in [-0.4, -0.2) is 31.6 Å². The summed E-state index contributed by atoms with van der Waals surface area (Å²) in [5, 5.41) is 21.7. The summed E-state index contributed by atoms with van der Waals surface area (Å²) >= 11 is 6.29. The van der Waals surface area contributed by atoms with E-state index in [0.29, 0.717) is 11.5 Å². The number of phenols is 1. The molecule has 3 rings (SSSR count). The highest BCUT2D eigenvalue weighted by atomic mass is 35.5. The number of phenolic OH excluding ortho intramolecular Hbond substituents is 1. The zero-order valence-electron chi connectivity index (χ0n) is 23.3. The average molecular weight is 563 g/mol. The molecule has 8 heteroatoms. The lowest BCUT2D eigenvalue weighted by molar-refractivity contribution is -0.145. The highest BCUT2D eigenvalue weighted by molar-refractivity contribution is 6.74. The topological polar surface area (TPSA) is 76.0 Å². The molecule has 2 N–H and O–H groups in total. The Bertz CT molecular complexity index is 1190. The number of carbonyl (C=O) groups is 1. The average Bonchev–Trinajstić information content (AvgIpc) is 3.67. The summed E-state index contributed by atoms with van der Waals surface area (Å²) in [6.45, 7) is 12.4. The second-order valence-electron chi connectivity index (χ2n) is 11.8. The van der Waals surface area contributed by atoms with Crippen molar-refractivity contribution in [3.8, 4) is 5.75 Å². The van der Waals surface area contributed by atoms with Crippen LogP contribution in [0.1, 0.15) is 74.8 Å². The number of esters is 1. The van der Waals surface area contributed by atoms with Gasteiger partial charge in [0.05, 0.1) is 19.6 Å². The van der Waals surface area contributed by atoms with E-state index in [2.05, 4.69) is 33.9 Å². The van der Waals surface area contributed by atoms with Crippen LogP contribution in [-0.2, 0) is 20.6 Å². The first kappa shape index (κ1) is 30.3. The van der Waals surface area contributed by atoms with Crippen LogP contribution in [0.25, 0.3) is 6.08 Å². The van der Waals surface area contributed by atoms with Gasteiger partial charge in [-0.1, -0.05) is 69.6 Å². The molecule has 1 aliphatic carbocycles. The standard InChI is InChI=1S/C30H40ClFO5Si/c1-18(29(35)36-5)27(20-9-10-20)21-11-8-19(26(34)16-21)12-15-25(33)22-13-14-24(31)23(28(22)32)17-37-38(6,7)30(2,3)4/h8,11-16,18,20,25,27,33-34H,9-10,17H2,1-7H3. The zero-order valence-corrected chi connectivity index (χ0v) is 25.1. The number of ether oxygens (including phenoxy) is 1. The van der Waals surface area contributed by atoms with E-state index >= 15 is 4.39 Å². The summed E-state index contributed by atoms with van der Waals surface area (Å²) in [4.78, 5) is 12.2. The first-order valence-corrected chi connectivity index (χ1v) is 16.3. The molecule has 2 aromatic rings. The Kier molecular flexibility index (Phi) is 9.51. The molecule has 0 saturated heterocycles. The van der Waals surface area contributed by atoms with Crippen LogP contribution in [0.5, 0.6) is 5.75 Å². The Morgan fingerprint density at radius 3 is 2.45 bits per heavy atom. The number of aliphatic hydroxyl groups is 1. The Morgan fingerprint density at radius 1 is 1.24 bits per heavy atom. The molecule has 38 heavy (non-hydrogen) atoms. The Morgan fingerprint density at radius 2 is 1.89 bits per heavy atom. The van der Waals surface area contributed by atoms with E-state index in [1.165, 1.54) is 19.3 Å². The molecular weight excluding hydrogens is 523 g/mol. The largest absolute Gasteiger partial charge is 0.507 e. The summed E-state index contributed by atoms with van der Waals surface area (Å²) in [5.74, 6) is -0.822. The number of carbonyl (C=O) groups excluding carboxylic acids is 1. The van der Waals surface area contributed by atoms with Gasteiger partial charge in [-0.2, -0.15) is 0 Å². The molecule has 208 valence electrons. The lowest BCUT2D eigenvalue weighted by atomic mass is 9.83. The van der Waals surface area contributed by atoms with E-state index in [1.807, 2.05) is 13.0 Å². The Labute approximate surface area is 231 Å². The smallest absolute Gasteiger partial charge is 0.309 e. The molecule has 3 unspecified atom stereocenters. The van der Waals surface area contributed by atoms with Crippen molar-refractivity contribution in [2.75, 3.05) is 7.11 Å². The van der Waals surface area contributed by atoms with E-state index in [9.17, 15) is 15.0 Å². The normalized spacial score (nSPS) is 16.9. The Hall–Kier alpha value is -2.19. The fourth-order valence-corrected chi connectivity index (χ4v) is 5.55. The van der Waals surface area contributed by atoms with Crippen LogP contribution >= 0.6 is 11.6 Å². The van der Waals surface area contributed by atoms with E-state index in [-0.39, 0.29) is 51.3 Å². The molecule has 0 amide bonds. The lowest BCUT2D eigenvalue weighted by Gasteiger charge is -2.36. The van der Waals surface area contributed by atoms with Crippen LogP contribution in [0, 0.1) is 17.7 Å². The molecule has 0 bridgehead atoms. The maximum Gasteiger partial charge on any atom is 0.309 e. The van der Waals surface area contributed by atoms with Gasteiger partial charge in [0.1, 0.15) is 17.7 Å². The third-order valence-electron chi connectivity index (χ3n) is 8.06. The SMILES string of the molecule is COC(=O)C(C)C(c1ccc(C=CC(O)c2ccc(Cl)c(CO[Si](C)(C)C(C)(C)C)c2F)c(O)c1)C1CC1. The lowest BCUT2D eigenvalue weighted by Crippen LogP contribution is -2.40. The molecule has 0 aromatic heterocycles. The highest BCUT2D eigenvalue weighted by Gasteiger charge is 2.39. The predicted molar refractivity (Wildman–Crippen MR) is 152 cm³/mol. The molecule has 1 fully saturated rings. The molecule has 3 atom stereocenters. The molecule has 0 heterocycles. The van der Waals surface area contributed by atoms with Gasteiger partial charge in [-0.05, 0) is 60.5 Å². The van der Waals surface area contributed by atoms with Gasteiger partial charge in [0.15, 0.2) is 8.32 Å². The number of rotatable bonds is 10. The quantitative estimate of drug-likeness (QED) is 0.228. The zero-order chi connectivity index (χ0) is 28.4. The van der Waals surface area contributed by atoms with Gasteiger partial charge in [0.25, 0.3) is 0 Å². The van der Waals surface area contributed by atoms with Crippen LogP contribution in [0.3, 0.4) is 0 Å². The van der Waals surface area contributed by atoms with Gasteiger partial charge < -0.3 is 19.4 Å². The number of halogens is 2. The van der Waals surface area contributed by atoms with Crippen molar-refractivity contribution >= 4 is 32.0 Å². The van der Waals surface area contributed by atoms with Crippen molar-refractivity contribution in [1.82, 2.24) is 0 Å². The van der Waals surface area contributed by atoms with Gasteiger partial charge in [-0.3, -0.25) is 4.79 Å². The van der Waals surface area contributed by atoms with Crippen molar-refractivity contribution in [3.63, 3.8) is 0 Å². The molecule has 0 radical (unpaired) electrons. The number of hydrogen-bond acceptors (Lipinski definition) is 5. The molecule has 1 saturated carbocycles. The minimum Gasteiger partial charge on any atom is -0.507 e. The minimum absolute atomic E-state index is 0.0219. The van der Waals surface area contributed by atoms with Crippen LogP contribution in [0.2, 0.25) is 23.2 Å². The first-order valence-electron chi connectivity index (χ1n) is 13.1. The highest BCUT2D eigenvalue weighted by Crippen LogP contribution is 2.47. The summed E-state index contributed by atoms with van der Waals surface area (Å²) in [6, 6.07) is 8.30. The summed E-state index contributed by atoms with van der Waals surface area (Å²) in [5.41, 5.74) is 1.65. The Balaban J connectivity index is 1.79. The monoisotopic (exact) mass is 562 g/mol. The van der Waals surface area contributed by atoms with Crippen molar-refractivity contribution < 1.29 is 28.6 Å². The maximum atomic E-state index is 15.4. The van der Waals surface area contributed by atoms with Crippen molar-refractivity contribution in [1.29, 1.82) is 0 Å². The predicted octanol–water partition coefficient (Wildman–Crippen LogP) is 7.76. The number of aromatic hydroxyl groups is 1. The molecule has 2 aromatic carbocycles. The van der Waals surface area contributed by atoms with Crippen molar-refractivity contribution in [2.45, 2.75) is 77.3 Å². The number of methoxy groups -OCH3 is 1. The third kappa shape index (κ3) is 6.86. The first-order chi connectivity index (χ1) is 17.7. The van der Waals surface area contributed by atoms with Crippen molar-refractivity contribution in [2.24, 2.45) is 11.8 Å². The van der Waals surface area contributed by atoms with E-state index in [0.717, 1.165) is 18.4 Å². The van der Waals surface area contributed by atoms with Gasteiger partial charge in [-0.15, -0.1) is 0 Å². The van der Waals surface area contributed by atoms with Gasteiger partial charge >= 0.3 is 5.97 Å². The maximum absolute atomic E-state index is 15.4. The number of benzene rings is 2. The molecule has 5 nitrogen and oxygen atoms in total.